The van der Waals surface area contributed by atoms with Crippen molar-refractivity contribution in [2.45, 2.75) is 37.5 Å². The quantitative estimate of drug-likeness (QED) is 0.341. The summed E-state index contributed by atoms with van der Waals surface area (Å²) in [6, 6.07) is 10.8. The average molecular weight is 459 g/mol. The summed E-state index contributed by atoms with van der Waals surface area (Å²) in [6.07, 6.45) is 1.97. The monoisotopic (exact) mass is 457 g/mol. The summed E-state index contributed by atoms with van der Waals surface area (Å²) in [4.78, 5) is 0. The van der Waals surface area contributed by atoms with E-state index in [1.807, 2.05) is 51.1 Å². The van der Waals surface area contributed by atoms with E-state index in [0.717, 1.165) is 11.1 Å². The van der Waals surface area contributed by atoms with Crippen LogP contribution in [0.2, 0.25) is 5.02 Å². The predicted molar refractivity (Wildman–Crippen MR) is 108 cm³/mol. The zero-order chi connectivity index (χ0) is 19.1. The minimum atomic E-state index is -1.43. The van der Waals surface area contributed by atoms with Crippen LogP contribution in [0.15, 0.2) is 45.3 Å². The third kappa shape index (κ3) is 3.65. The molecule has 1 heterocycles. The van der Waals surface area contributed by atoms with Crippen LogP contribution in [0.4, 0.5) is 4.39 Å². The molecule has 1 aliphatic rings. The largest absolute Gasteiger partial charge is 0.591 e. The molecule has 3 rings (SSSR count). The van der Waals surface area contributed by atoms with E-state index in [-0.39, 0.29) is 5.02 Å². The van der Waals surface area contributed by atoms with Gasteiger partial charge >= 0.3 is 0 Å². The molecule has 3 nitrogen and oxygen atoms in total. The van der Waals surface area contributed by atoms with Crippen LogP contribution in [-0.4, -0.2) is 15.5 Å². The zero-order valence-corrected chi connectivity index (χ0v) is 17.7. The summed E-state index contributed by atoms with van der Waals surface area (Å²) in [6.45, 7) is 5.56. The summed E-state index contributed by atoms with van der Waals surface area (Å²) < 4.78 is 36.8. The molecule has 1 unspecified atom stereocenters. The molecule has 0 aromatic heterocycles. The summed E-state index contributed by atoms with van der Waals surface area (Å²) in [5.41, 5.74) is 0.631. The molecule has 1 aliphatic heterocycles. The fourth-order valence-corrected chi connectivity index (χ4v) is 3.96. The Hall–Kier alpha value is -1.08. The van der Waals surface area contributed by atoms with Gasteiger partial charge in [0.15, 0.2) is 5.60 Å². The van der Waals surface area contributed by atoms with Crippen molar-refractivity contribution in [1.29, 1.82) is 0 Å². The van der Waals surface area contributed by atoms with Gasteiger partial charge in [0.1, 0.15) is 33.9 Å². The first-order valence-electron chi connectivity index (χ1n) is 8.02. The molecule has 7 heteroatoms. The van der Waals surface area contributed by atoms with Crippen molar-refractivity contribution in [3.8, 4) is 5.75 Å². The van der Waals surface area contributed by atoms with E-state index in [0.29, 0.717) is 16.6 Å². The number of hydrogen-bond acceptors (Lipinski definition) is 3. The van der Waals surface area contributed by atoms with Crippen LogP contribution in [0, 0.1) is 5.82 Å². The van der Waals surface area contributed by atoms with Gasteiger partial charge < -0.3 is 9.29 Å². The highest BCUT2D eigenvalue weighted by Gasteiger charge is 2.43. The van der Waals surface area contributed by atoms with Gasteiger partial charge in [-0.3, -0.25) is 0 Å². The Bertz CT molecular complexity index is 857. The van der Waals surface area contributed by atoms with Crippen LogP contribution in [0.25, 0.3) is 0 Å². The average Bonchev–Trinajstić information content (AvgIpc) is 2.97. The van der Waals surface area contributed by atoms with Crippen molar-refractivity contribution >= 4 is 45.1 Å². The first-order valence-corrected chi connectivity index (χ1v) is 10.3. The topological polar surface area (TPSA) is 44.7 Å². The third-order valence-electron chi connectivity index (χ3n) is 4.10. The van der Waals surface area contributed by atoms with Gasteiger partial charge in [-0.1, -0.05) is 46.3 Å². The minimum absolute atomic E-state index is 0.0198. The molecule has 0 fully saturated rings. The minimum Gasteiger partial charge on any atom is -0.591 e. The Labute approximate surface area is 169 Å². The molecular formula is C19H18BrClFNO2S. The van der Waals surface area contributed by atoms with Crippen LogP contribution < -0.4 is 4.74 Å². The Morgan fingerprint density at radius 3 is 2.62 bits per heavy atom. The number of ether oxygens (including phenoxy) is 1. The number of hydrogen-bond donors (Lipinski definition) is 0. The fourth-order valence-electron chi connectivity index (χ4n) is 2.68. The van der Waals surface area contributed by atoms with Crippen molar-refractivity contribution in [2.24, 2.45) is 4.40 Å². The molecular weight excluding hydrogens is 441 g/mol. The standard InChI is InChI=1S/C19H18BrClFNO2S/c1-18(2,3)26(24)23-11-19(12-7-5-4-6-8-12)10-13-15(25-19)9-14(22)17(21)16(13)20/h4-9,11H,10H2,1-3H3/t19?,26-/m1/s1. The van der Waals surface area contributed by atoms with Crippen molar-refractivity contribution < 1.29 is 13.7 Å². The first kappa shape index (κ1) is 19.7. The fraction of sp³-hybridized carbons (Fsp3) is 0.316. The van der Waals surface area contributed by atoms with Crippen LogP contribution >= 0.6 is 27.5 Å². The second-order valence-electron chi connectivity index (χ2n) is 7.09. The van der Waals surface area contributed by atoms with Gasteiger partial charge in [0.2, 0.25) is 0 Å². The molecule has 2 aromatic rings. The molecule has 0 bridgehead atoms. The van der Waals surface area contributed by atoms with E-state index in [2.05, 4.69) is 20.3 Å². The predicted octanol–water partition coefficient (Wildman–Crippen LogP) is 5.61. The molecule has 0 spiro atoms. The lowest BCUT2D eigenvalue weighted by Gasteiger charge is -2.26. The highest BCUT2D eigenvalue weighted by atomic mass is 79.9. The van der Waals surface area contributed by atoms with Gasteiger partial charge in [-0.2, -0.15) is 0 Å². The van der Waals surface area contributed by atoms with E-state index in [1.165, 1.54) is 6.07 Å². The summed E-state index contributed by atoms with van der Waals surface area (Å²) >= 11 is 7.95. The van der Waals surface area contributed by atoms with Gasteiger partial charge in [-0.05, 0) is 36.7 Å². The molecule has 0 amide bonds. The second kappa shape index (κ2) is 7.15. The highest BCUT2D eigenvalue weighted by molar-refractivity contribution is 9.10. The summed E-state index contributed by atoms with van der Waals surface area (Å²) in [7, 11) is 0. The normalized spacial score (nSPS) is 20.9. The molecule has 2 atom stereocenters. The Balaban J connectivity index is 2.08. The SMILES string of the molecule is CC(C)(C)[S@@+]([O-])N=CC1(c2ccccc2)Cc2c(cc(F)c(Cl)c2Br)O1. The van der Waals surface area contributed by atoms with Crippen molar-refractivity contribution in [1.82, 2.24) is 0 Å². The van der Waals surface area contributed by atoms with Crippen LogP contribution in [0.5, 0.6) is 5.75 Å². The number of fused-ring (bicyclic) bond motifs is 1. The second-order valence-corrected chi connectivity index (χ2v) is 10.2. The molecule has 0 radical (unpaired) electrons. The smallest absolute Gasteiger partial charge is 0.178 e. The number of benzene rings is 2. The number of rotatable bonds is 3. The Kier molecular flexibility index (Phi) is 5.41. The molecule has 0 N–H and O–H groups in total. The van der Waals surface area contributed by atoms with Gasteiger partial charge in [-0.15, -0.1) is 0 Å². The van der Waals surface area contributed by atoms with Crippen molar-refractivity contribution in [2.75, 3.05) is 0 Å². The van der Waals surface area contributed by atoms with Gasteiger partial charge in [0.25, 0.3) is 0 Å². The van der Waals surface area contributed by atoms with E-state index >= 15 is 0 Å². The first-order chi connectivity index (χ1) is 12.1. The van der Waals surface area contributed by atoms with Crippen LogP contribution in [0.3, 0.4) is 0 Å². The molecule has 138 valence electrons. The van der Waals surface area contributed by atoms with Crippen molar-refractivity contribution in [3.05, 3.63) is 62.8 Å². The maximum atomic E-state index is 14.0. The Morgan fingerprint density at radius 2 is 2.00 bits per heavy atom. The van der Waals surface area contributed by atoms with Gasteiger partial charge in [-0.25, -0.2) is 4.39 Å². The van der Waals surface area contributed by atoms with Gasteiger partial charge in [0, 0.05) is 28.1 Å². The molecule has 26 heavy (non-hydrogen) atoms. The molecule has 2 aromatic carbocycles. The van der Waals surface area contributed by atoms with E-state index in [4.69, 9.17) is 16.3 Å². The lowest BCUT2D eigenvalue weighted by atomic mass is 9.90. The lowest BCUT2D eigenvalue weighted by molar-refractivity contribution is 0.177. The zero-order valence-electron chi connectivity index (χ0n) is 14.6. The molecule has 0 aliphatic carbocycles. The Morgan fingerprint density at radius 1 is 1.35 bits per heavy atom. The van der Waals surface area contributed by atoms with Gasteiger partial charge in [0.05, 0.1) is 5.02 Å². The maximum absolute atomic E-state index is 14.0. The lowest BCUT2D eigenvalue weighted by Crippen LogP contribution is -2.35. The number of halogens is 3. The molecule has 0 saturated carbocycles. The number of nitrogens with zero attached hydrogens (tertiary/aromatic N) is 1. The van der Waals surface area contributed by atoms with E-state index < -0.39 is 27.5 Å². The highest BCUT2D eigenvalue weighted by Crippen LogP contribution is 2.47. The van der Waals surface area contributed by atoms with Crippen LogP contribution in [0.1, 0.15) is 31.9 Å². The summed E-state index contributed by atoms with van der Waals surface area (Å²) in [5, 5.41) is 0.0198. The van der Waals surface area contributed by atoms with Crippen molar-refractivity contribution in [3.63, 3.8) is 0 Å². The maximum Gasteiger partial charge on any atom is 0.178 e. The van der Waals surface area contributed by atoms with E-state index in [1.54, 1.807) is 6.21 Å². The summed E-state index contributed by atoms with van der Waals surface area (Å²) in [5.74, 6) is -0.160. The third-order valence-corrected chi connectivity index (χ3v) is 6.91. The molecule has 0 saturated heterocycles. The van der Waals surface area contributed by atoms with E-state index in [9.17, 15) is 8.94 Å². The van der Waals surface area contributed by atoms with Crippen LogP contribution in [-0.2, 0) is 23.4 Å².